The Bertz CT molecular complexity index is 2130. The molecule has 0 unspecified atom stereocenters. The molecule has 9 heteroatoms. The highest BCUT2D eigenvalue weighted by Gasteiger charge is 2.74. The summed E-state index contributed by atoms with van der Waals surface area (Å²) in [5, 5.41) is 27.9. The van der Waals surface area contributed by atoms with Crippen LogP contribution in [0.1, 0.15) is 84.5 Å². The number of benzene rings is 4. The Balaban J connectivity index is 1.39. The first-order valence-electron chi connectivity index (χ1n) is 18.7. The molecule has 3 aliphatic heterocycles. The Labute approximate surface area is 315 Å². The number of carbonyl (C=O) groups is 3. The summed E-state index contributed by atoms with van der Waals surface area (Å²) in [6.07, 6.45) is 5.85. The lowest BCUT2D eigenvalue weighted by Gasteiger charge is -2.46. The molecule has 274 valence electrons. The summed E-state index contributed by atoms with van der Waals surface area (Å²) >= 11 is 0. The van der Waals surface area contributed by atoms with Crippen molar-refractivity contribution in [1.82, 2.24) is 10.2 Å². The quantitative estimate of drug-likeness (QED) is 0.0786. The van der Waals surface area contributed by atoms with Gasteiger partial charge in [-0.1, -0.05) is 104 Å². The number of esters is 1. The van der Waals surface area contributed by atoms with Crippen molar-refractivity contribution < 1.29 is 29.3 Å². The zero-order valence-electron chi connectivity index (χ0n) is 29.9. The van der Waals surface area contributed by atoms with Crippen LogP contribution in [0.25, 0.3) is 0 Å². The van der Waals surface area contributed by atoms with E-state index in [0.29, 0.717) is 35.2 Å². The van der Waals surface area contributed by atoms with E-state index in [1.54, 1.807) is 36.4 Å². The van der Waals surface area contributed by atoms with Crippen LogP contribution in [0.5, 0.6) is 5.75 Å². The number of rotatable bonds is 6. The number of carbonyl (C=O) groups excluding carboxylic acids is 3. The van der Waals surface area contributed by atoms with Crippen molar-refractivity contribution >= 4 is 23.5 Å². The number of aliphatic hydroxyl groups is 1. The van der Waals surface area contributed by atoms with Crippen LogP contribution in [0.15, 0.2) is 116 Å². The largest absolute Gasteiger partial charge is 0.508 e. The monoisotopic (exact) mass is 721 g/mol. The van der Waals surface area contributed by atoms with Crippen molar-refractivity contribution in [1.29, 1.82) is 0 Å². The highest BCUT2D eigenvalue weighted by atomic mass is 16.6. The lowest BCUT2D eigenvalue weighted by atomic mass is 9.65. The zero-order valence-corrected chi connectivity index (χ0v) is 29.9. The predicted octanol–water partition coefficient (Wildman–Crippen LogP) is 6.40. The normalized spacial score (nSPS) is 27.0. The first-order chi connectivity index (χ1) is 26.2. The molecular formula is C45H43N3O6. The molecule has 1 spiro atoms. The number of ether oxygens (including phenoxy) is 1. The lowest BCUT2D eigenvalue weighted by Crippen LogP contribution is -2.54. The second-order valence-corrected chi connectivity index (χ2v) is 14.8. The Kier molecular flexibility index (Phi) is 9.34. The topological polar surface area (TPSA) is 128 Å². The molecule has 0 radical (unpaired) electrons. The summed E-state index contributed by atoms with van der Waals surface area (Å²) in [6.45, 7) is 3.90. The van der Waals surface area contributed by atoms with Crippen molar-refractivity contribution in [2.45, 2.75) is 73.8 Å². The lowest BCUT2D eigenvalue weighted by molar-refractivity contribution is -0.178. The Morgan fingerprint density at radius 2 is 1.56 bits per heavy atom. The molecule has 4 aromatic rings. The summed E-state index contributed by atoms with van der Waals surface area (Å²) in [5.74, 6) is 3.58. The standard InChI is InChI=1S/C45H43N3O6/c1-2-27-46-41(50)36-38-42(51)54-39(31-15-9-6-10-16-31)37(30-13-7-5-8-14-30)48(38)40(32-18-20-33(49)21-19-32)45(36)34-28-29(17-22-35(34)47-43(45)52)23-26-44(53)24-11-3-4-12-25-44/h2,5-10,13-22,28,36-40,49,53H,1,3-4,11-12,24-25,27H2,(H,46,50)(H,47,52)/t36-,37-,38-,39+,40+,45-/m0/s1. The first-order valence-corrected chi connectivity index (χ1v) is 18.7. The van der Waals surface area contributed by atoms with Crippen LogP contribution in [-0.2, 0) is 24.5 Å². The van der Waals surface area contributed by atoms with Gasteiger partial charge in [0.05, 0.1) is 18.0 Å². The van der Waals surface area contributed by atoms with Gasteiger partial charge >= 0.3 is 5.97 Å². The van der Waals surface area contributed by atoms with Crippen LogP contribution >= 0.6 is 0 Å². The van der Waals surface area contributed by atoms with Gasteiger partial charge in [0.1, 0.15) is 28.9 Å². The molecule has 0 bridgehead atoms. The number of hydrogen-bond acceptors (Lipinski definition) is 7. The van der Waals surface area contributed by atoms with E-state index in [1.807, 2.05) is 77.7 Å². The number of phenolic OH excluding ortho intramolecular Hbond substituents is 1. The van der Waals surface area contributed by atoms with Crippen molar-refractivity contribution in [2.75, 3.05) is 11.9 Å². The molecule has 8 rings (SSSR count). The summed E-state index contributed by atoms with van der Waals surface area (Å²) in [6, 6.07) is 28.5. The molecule has 2 saturated heterocycles. The zero-order chi connectivity index (χ0) is 37.5. The third-order valence-corrected chi connectivity index (χ3v) is 11.6. The molecule has 1 saturated carbocycles. The summed E-state index contributed by atoms with van der Waals surface area (Å²) < 4.78 is 6.42. The molecule has 1 aliphatic carbocycles. The van der Waals surface area contributed by atoms with E-state index in [2.05, 4.69) is 29.1 Å². The van der Waals surface area contributed by atoms with Gasteiger partial charge in [-0.05, 0) is 78.3 Å². The van der Waals surface area contributed by atoms with Gasteiger partial charge in [-0.15, -0.1) is 6.58 Å². The van der Waals surface area contributed by atoms with Gasteiger partial charge in [-0.2, -0.15) is 0 Å². The van der Waals surface area contributed by atoms with Gasteiger partial charge in [-0.25, -0.2) is 0 Å². The second-order valence-electron chi connectivity index (χ2n) is 14.8. The second kappa shape index (κ2) is 14.3. The maximum absolute atomic E-state index is 15.1. The van der Waals surface area contributed by atoms with E-state index in [4.69, 9.17) is 4.74 Å². The van der Waals surface area contributed by atoms with Crippen LogP contribution in [-0.4, -0.2) is 51.1 Å². The van der Waals surface area contributed by atoms with Gasteiger partial charge < -0.3 is 25.6 Å². The number of aromatic hydroxyl groups is 1. The fraction of sp³-hybridized carbons (Fsp3) is 0.311. The van der Waals surface area contributed by atoms with E-state index < -0.39 is 58.9 Å². The van der Waals surface area contributed by atoms with Crippen molar-refractivity contribution in [3.8, 4) is 17.6 Å². The molecule has 2 amide bonds. The van der Waals surface area contributed by atoms with Crippen molar-refractivity contribution in [3.05, 3.63) is 144 Å². The fourth-order valence-electron chi connectivity index (χ4n) is 9.24. The third kappa shape index (κ3) is 5.96. The number of nitrogens with one attached hydrogen (secondary N) is 2. The van der Waals surface area contributed by atoms with E-state index in [1.165, 1.54) is 0 Å². The molecule has 4 aromatic carbocycles. The third-order valence-electron chi connectivity index (χ3n) is 11.6. The Hall–Kier alpha value is -5.69. The molecule has 4 aliphatic rings. The minimum absolute atomic E-state index is 0.0349. The molecule has 9 nitrogen and oxygen atoms in total. The minimum Gasteiger partial charge on any atom is -0.508 e. The van der Waals surface area contributed by atoms with E-state index >= 15 is 4.79 Å². The van der Waals surface area contributed by atoms with Crippen molar-refractivity contribution in [3.63, 3.8) is 0 Å². The number of hydrogen-bond donors (Lipinski definition) is 4. The average Bonchev–Trinajstić information content (AvgIpc) is 3.55. The van der Waals surface area contributed by atoms with Gasteiger partial charge in [0, 0.05) is 17.8 Å². The molecule has 0 aromatic heterocycles. The van der Waals surface area contributed by atoms with Gasteiger partial charge in [-0.3, -0.25) is 19.3 Å². The minimum atomic E-state index is -1.67. The Morgan fingerprint density at radius 3 is 2.22 bits per heavy atom. The molecule has 6 atom stereocenters. The number of phenols is 1. The maximum Gasteiger partial charge on any atom is 0.324 e. The number of morpholine rings is 1. The van der Waals surface area contributed by atoms with Crippen LogP contribution in [0.3, 0.4) is 0 Å². The number of cyclic esters (lactones) is 1. The first kappa shape index (κ1) is 35.3. The van der Waals surface area contributed by atoms with Crippen LogP contribution in [0.2, 0.25) is 0 Å². The summed E-state index contributed by atoms with van der Waals surface area (Å²) in [7, 11) is 0. The van der Waals surface area contributed by atoms with Crippen LogP contribution < -0.4 is 10.6 Å². The number of anilines is 1. The van der Waals surface area contributed by atoms with E-state index in [9.17, 15) is 19.8 Å². The summed E-state index contributed by atoms with van der Waals surface area (Å²) in [5.41, 5.74) is 1.05. The predicted molar refractivity (Wildman–Crippen MR) is 204 cm³/mol. The number of amides is 2. The van der Waals surface area contributed by atoms with Crippen molar-refractivity contribution in [2.24, 2.45) is 5.92 Å². The van der Waals surface area contributed by atoms with Crippen LogP contribution in [0, 0.1) is 17.8 Å². The highest BCUT2D eigenvalue weighted by molar-refractivity contribution is 6.12. The Morgan fingerprint density at radius 1 is 0.889 bits per heavy atom. The smallest absolute Gasteiger partial charge is 0.324 e. The molecule has 3 fully saturated rings. The molecular weight excluding hydrogens is 679 g/mol. The SMILES string of the molecule is C=CCNC(=O)[C@@H]1[C@H]2C(=O)O[C@H](c3ccccc3)[C@H](c3ccccc3)N2[C@H](c2ccc(O)cc2)[C@@]12C(=O)Nc1ccc(C#CC3(O)CCCCCC3)cc12. The van der Waals surface area contributed by atoms with E-state index in [-0.39, 0.29) is 12.3 Å². The fourth-order valence-corrected chi connectivity index (χ4v) is 9.24. The van der Waals surface area contributed by atoms with Crippen LogP contribution in [0.4, 0.5) is 5.69 Å². The molecule has 4 N–H and O–H groups in total. The average molecular weight is 722 g/mol. The number of nitrogens with zero attached hydrogens (tertiary/aromatic N) is 1. The van der Waals surface area contributed by atoms with E-state index in [0.717, 1.165) is 36.8 Å². The van der Waals surface area contributed by atoms with Gasteiger partial charge in [0.15, 0.2) is 0 Å². The number of fused-ring (bicyclic) bond motifs is 3. The van der Waals surface area contributed by atoms with Gasteiger partial charge in [0.25, 0.3) is 0 Å². The molecule has 3 heterocycles. The summed E-state index contributed by atoms with van der Waals surface area (Å²) in [4.78, 5) is 46.6. The van der Waals surface area contributed by atoms with Gasteiger partial charge in [0.2, 0.25) is 11.8 Å². The maximum atomic E-state index is 15.1. The molecule has 54 heavy (non-hydrogen) atoms. The highest BCUT2D eigenvalue weighted by Crippen LogP contribution is 2.64.